The predicted octanol–water partition coefficient (Wildman–Crippen LogP) is 2.38. The van der Waals surface area contributed by atoms with Gasteiger partial charge in [-0.2, -0.15) is 0 Å². The van der Waals surface area contributed by atoms with Gasteiger partial charge in [-0.25, -0.2) is 0 Å². The maximum Gasteiger partial charge on any atom is 0.259 e. The lowest BCUT2D eigenvalue weighted by Gasteiger charge is -2.40. The number of aliphatic hydroxyl groups is 1. The van der Waals surface area contributed by atoms with E-state index in [-0.39, 0.29) is 11.8 Å². The third-order valence-electron chi connectivity index (χ3n) is 6.83. The van der Waals surface area contributed by atoms with E-state index in [2.05, 4.69) is 5.32 Å². The van der Waals surface area contributed by atoms with Gasteiger partial charge in [0.25, 0.3) is 5.91 Å². The third-order valence-corrected chi connectivity index (χ3v) is 6.83. The Balaban J connectivity index is 1.55. The molecule has 1 saturated heterocycles. The first-order chi connectivity index (χ1) is 12.2. The van der Waals surface area contributed by atoms with Crippen molar-refractivity contribution in [1.29, 1.82) is 0 Å². The highest BCUT2D eigenvalue weighted by Crippen LogP contribution is 2.52. The van der Waals surface area contributed by atoms with Crippen LogP contribution in [-0.2, 0) is 10.4 Å². The predicted molar refractivity (Wildman–Crippen MR) is 97.9 cm³/mol. The molecule has 0 aromatic heterocycles. The van der Waals surface area contributed by atoms with Gasteiger partial charge < -0.3 is 15.3 Å². The Labute approximate surface area is 150 Å². The monoisotopic (exact) mass is 342 g/mol. The fraction of sp³-hybridized carbons (Fsp3) is 0.667. The summed E-state index contributed by atoms with van der Waals surface area (Å²) in [4.78, 5) is 15.4. The molecule has 3 atom stereocenters. The van der Waals surface area contributed by atoms with E-state index in [0.717, 1.165) is 50.9 Å². The molecule has 1 aromatic rings. The Bertz CT molecular complexity index is 602. The smallest absolute Gasteiger partial charge is 0.259 e. The number of fused-ring (bicyclic) bond motifs is 1. The van der Waals surface area contributed by atoms with Crippen molar-refractivity contribution in [3.05, 3.63) is 35.9 Å². The number of carbonyl (C=O) groups excluding carboxylic acids is 1. The van der Waals surface area contributed by atoms with E-state index in [1.165, 1.54) is 6.42 Å². The van der Waals surface area contributed by atoms with Crippen LogP contribution >= 0.6 is 0 Å². The van der Waals surface area contributed by atoms with Crippen molar-refractivity contribution in [3.63, 3.8) is 0 Å². The zero-order chi connectivity index (χ0) is 17.4. The van der Waals surface area contributed by atoms with E-state index >= 15 is 0 Å². The van der Waals surface area contributed by atoms with E-state index in [4.69, 9.17) is 0 Å². The molecular formula is C21H30N2O2. The van der Waals surface area contributed by atoms with Crippen molar-refractivity contribution < 1.29 is 9.90 Å². The molecule has 25 heavy (non-hydrogen) atoms. The number of hydrogen-bond acceptors (Lipinski definition) is 3. The molecule has 1 amide bonds. The number of rotatable bonds is 5. The first kappa shape index (κ1) is 17.0. The summed E-state index contributed by atoms with van der Waals surface area (Å²) in [5.74, 6) is 1.96. The van der Waals surface area contributed by atoms with Gasteiger partial charge in [0.15, 0.2) is 5.60 Å². The summed E-state index contributed by atoms with van der Waals surface area (Å²) in [6.07, 6.45) is 5.33. The maximum atomic E-state index is 13.5. The number of hydrogen-bond donors (Lipinski definition) is 2. The number of nitrogens with one attached hydrogen (secondary N) is 1. The van der Waals surface area contributed by atoms with Crippen LogP contribution in [0.5, 0.6) is 0 Å². The van der Waals surface area contributed by atoms with Crippen molar-refractivity contribution in [1.82, 2.24) is 10.2 Å². The molecule has 2 aliphatic carbocycles. The van der Waals surface area contributed by atoms with Gasteiger partial charge in [0.05, 0.1) is 0 Å². The van der Waals surface area contributed by atoms with Crippen LogP contribution in [0.4, 0.5) is 0 Å². The van der Waals surface area contributed by atoms with Crippen LogP contribution in [0.3, 0.4) is 0 Å². The topological polar surface area (TPSA) is 52.6 Å². The van der Waals surface area contributed by atoms with Crippen molar-refractivity contribution in [2.75, 3.05) is 26.7 Å². The molecule has 4 heteroatoms. The van der Waals surface area contributed by atoms with Crippen LogP contribution in [0.1, 0.15) is 37.7 Å². The second kappa shape index (κ2) is 6.73. The zero-order valence-corrected chi connectivity index (χ0v) is 15.2. The van der Waals surface area contributed by atoms with Crippen LogP contribution in [-0.4, -0.2) is 42.6 Å². The first-order valence-electron chi connectivity index (χ1n) is 9.88. The Morgan fingerprint density at radius 2 is 1.80 bits per heavy atom. The van der Waals surface area contributed by atoms with Gasteiger partial charge >= 0.3 is 0 Å². The van der Waals surface area contributed by atoms with E-state index in [0.29, 0.717) is 17.8 Å². The molecule has 0 spiro atoms. The molecule has 1 aromatic carbocycles. The molecule has 2 N–H and O–H groups in total. The van der Waals surface area contributed by atoms with Crippen molar-refractivity contribution in [2.24, 2.45) is 23.7 Å². The van der Waals surface area contributed by atoms with E-state index in [1.54, 1.807) is 0 Å². The highest BCUT2D eigenvalue weighted by molar-refractivity contribution is 5.87. The number of likely N-dealkylation sites (tertiary alicyclic amines) is 1. The molecule has 3 aliphatic rings. The normalized spacial score (nSPS) is 31.4. The van der Waals surface area contributed by atoms with Gasteiger partial charge in [0.2, 0.25) is 0 Å². The lowest BCUT2D eigenvalue weighted by atomic mass is 9.72. The second-order valence-electron chi connectivity index (χ2n) is 8.23. The molecular weight excluding hydrogens is 312 g/mol. The molecule has 2 saturated carbocycles. The summed E-state index contributed by atoms with van der Waals surface area (Å²) >= 11 is 0. The highest BCUT2D eigenvalue weighted by Gasteiger charge is 2.58. The molecule has 1 heterocycles. The third kappa shape index (κ3) is 2.89. The lowest BCUT2D eigenvalue weighted by molar-refractivity contribution is -0.160. The van der Waals surface area contributed by atoms with Crippen molar-refractivity contribution in [3.8, 4) is 0 Å². The summed E-state index contributed by atoms with van der Waals surface area (Å²) in [6.45, 7) is 2.68. The van der Waals surface area contributed by atoms with Crippen LogP contribution in [0, 0.1) is 23.7 Å². The molecule has 0 bridgehead atoms. The van der Waals surface area contributed by atoms with Crippen molar-refractivity contribution in [2.45, 2.75) is 37.7 Å². The SMILES string of the molecule is CNCC1C2CN(C(=O)C(O)(c3ccccc3)C3CCCCC3)CC12. The molecule has 1 aliphatic heterocycles. The van der Waals surface area contributed by atoms with Gasteiger partial charge in [0, 0.05) is 19.0 Å². The van der Waals surface area contributed by atoms with Crippen molar-refractivity contribution >= 4 is 5.91 Å². The first-order valence-corrected chi connectivity index (χ1v) is 9.88. The summed E-state index contributed by atoms with van der Waals surface area (Å²) in [5.41, 5.74) is -0.573. The Morgan fingerprint density at radius 3 is 2.40 bits per heavy atom. The van der Waals surface area contributed by atoms with Gasteiger partial charge in [0.1, 0.15) is 0 Å². The Morgan fingerprint density at radius 1 is 1.16 bits per heavy atom. The van der Waals surface area contributed by atoms with Gasteiger partial charge in [-0.3, -0.25) is 4.79 Å². The Kier molecular flexibility index (Phi) is 4.59. The molecule has 3 fully saturated rings. The fourth-order valence-corrected chi connectivity index (χ4v) is 5.34. The lowest BCUT2D eigenvalue weighted by Crippen LogP contribution is -2.52. The van der Waals surface area contributed by atoms with Crippen LogP contribution in [0.2, 0.25) is 0 Å². The molecule has 4 rings (SSSR count). The van der Waals surface area contributed by atoms with Gasteiger partial charge in [-0.15, -0.1) is 0 Å². The zero-order valence-electron chi connectivity index (χ0n) is 15.2. The Hall–Kier alpha value is -1.39. The molecule has 4 nitrogen and oxygen atoms in total. The number of amides is 1. The molecule has 0 radical (unpaired) electrons. The van der Waals surface area contributed by atoms with Crippen LogP contribution < -0.4 is 5.32 Å². The van der Waals surface area contributed by atoms with Gasteiger partial charge in [-0.1, -0.05) is 49.6 Å². The average Bonchev–Trinajstić information content (AvgIpc) is 3.11. The van der Waals surface area contributed by atoms with Gasteiger partial charge in [-0.05, 0) is 49.8 Å². The quantitative estimate of drug-likeness (QED) is 0.864. The maximum absolute atomic E-state index is 13.5. The number of piperidine rings is 1. The van der Waals surface area contributed by atoms with E-state index in [9.17, 15) is 9.90 Å². The summed E-state index contributed by atoms with van der Waals surface area (Å²) in [5, 5.41) is 15.0. The largest absolute Gasteiger partial charge is 0.375 e. The van der Waals surface area contributed by atoms with E-state index < -0.39 is 5.60 Å². The minimum Gasteiger partial charge on any atom is -0.375 e. The summed E-state index contributed by atoms with van der Waals surface area (Å²) in [6, 6.07) is 9.66. The standard InChI is InChI=1S/C21H30N2O2/c1-22-12-17-18-13-23(14-19(17)18)20(24)21(25,15-8-4-2-5-9-15)16-10-6-3-7-11-16/h2,4-5,8-9,16-19,22,25H,3,6-7,10-14H2,1H3. The van der Waals surface area contributed by atoms with E-state index in [1.807, 2.05) is 42.3 Å². The number of nitrogens with zero attached hydrogens (tertiary/aromatic N) is 1. The summed E-state index contributed by atoms with van der Waals surface area (Å²) < 4.78 is 0. The number of benzene rings is 1. The number of carbonyl (C=O) groups is 1. The highest BCUT2D eigenvalue weighted by atomic mass is 16.3. The second-order valence-corrected chi connectivity index (χ2v) is 8.23. The molecule has 3 unspecified atom stereocenters. The minimum absolute atomic E-state index is 0.0428. The molecule has 136 valence electrons. The van der Waals surface area contributed by atoms with Crippen LogP contribution in [0.25, 0.3) is 0 Å². The average molecular weight is 342 g/mol. The van der Waals surface area contributed by atoms with Crippen LogP contribution in [0.15, 0.2) is 30.3 Å². The minimum atomic E-state index is -1.35. The fourth-order valence-electron chi connectivity index (χ4n) is 5.34. The summed E-state index contributed by atoms with van der Waals surface area (Å²) in [7, 11) is 1.99.